The lowest BCUT2D eigenvalue weighted by Crippen LogP contribution is -2.00. The lowest BCUT2D eigenvalue weighted by molar-refractivity contribution is 1.07. The molecule has 5 nitrogen and oxygen atoms in total. The first-order valence-corrected chi connectivity index (χ1v) is 15.9. The Bertz CT molecular complexity index is 2530. The van der Waals surface area contributed by atoms with Crippen LogP contribution in [0.4, 0.5) is 0 Å². The van der Waals surface area contributed by atoms with Gasteiger partial charge in [-0.25, -0.2) is 24.9 Å². The Hall–Kier alpha value is -6.59. The SMILES string of the molecule is c1ccc(-c2ccc3ccc4c5ccc(-c6nc(-c7ccccc7)nc(-c7ccccc7)n6)cc5nc(-c5ccccc5)c4c3n2)cc1. The zero-order valence-electron chi connectivity index (χ0n) is 25.8. The summed E-state index contributed by atoms with van der Waals surface area (Å²) in [7, 11) is 0. The normalized spacial score (nSPS) is 11.3. The predicted molar refractivity (Wildman–Crippen MR) is 195 cm³/mol. The molecule has 0 saturated carbocycles. The van der Waals surface area contributed by atoms with Gasteiger partial charge in [-0.1, -0.05) is 152 Å². The van der Waals surface area contributed by atoms with Gasteiger partial charge in [0.2, 0.25) is 0 Å². The maximum Gasteiger partial charge on any atom is 0.164 e. The zero-order valence-corrected chi connectivity index (χ0v) is 25.8. The Morgan fingerprint density at radius 2 is 0.833 bits per heavy atom. The molecule has 0 bridgehead atoms. The molecule has 3 heterocycles. The first-order chi connectivity index (χ1) is 23.8. The van der Waals surface area contributed by atoms with Gasteiger partial charge in [-0.2, -0.15) is 0 Å². The summed E-state index contributed by atoms with van der Waals surface area (Å²) in [6.07, 6.45) is 0. The summed E-state index contributed by atoms with van der Waals surface area (Å²) < 4.78 is 0. The van der Waals surface area contributed by atoms with E-state index in [4.69, 9.17) is 24.9 Å². The van der Waals surface area contributed by atoms with Crippen LogP contribution in [0, 0.1) is 0 Å². The highest BCUT2D eigenvalue weighted by molar-refractivity contribution is 6.20. The van der Waals surface area contributed by atoms with Crippen LogP contribution < -0.4 is 0 Å². The van der Waals surface area contributed by atoms with Crippen molar-refractivity contribution in [1.29, 1.82) is 0 Å². The Kier molecular flexibility index (Phi) is 6.72. The highest BCUT2D eigenvalue weighted by Crippen LogP contribution is 2.38. The highest BCUT2D eigenvalue weighted by Gasteiger charge is 2.17. The van der Waals surface area contributed by atoms with Gasteiger partial charge in [-0.15, -0.1) is 0 Å². The molecule has 6 aromatic carbocycles. The van der Waals surface area contributed by atoms with Crippen LogP contribution in [0.5, 0.6) is 0 Å². The molecule has 0 unspecified atom stereocenters. The van der Waals surface area contributed by atoms with Crippen LogP contribution in [-0.4, -0.2) is 24.9 Å². The molecule has 48 heavy (non-hydrogen) atoms. The van der Waals surface area contributed by atoms with E-state index in [2.05, 4.69) is 78.9 Å². The molecule has 5 heteroatoms. The van der Waals surface area contributed by atoms with Gasteiger partial charge in [0.15, 0.2) is 17.5 Å². The third kappa shape index (κ3) is 4.95. The van der Waals surface area contributed by atoms with Crippen LogP contribution in [0.1, 0.15) is 0 Å². The van der Waals surface area contributed by atoms with Crippen molar-refractivity contribution in [2.24, 2.45) is 0 Å². The third-order valence-corrected chi connectivity index (χ3v) is 8.69. The lowest BCUT2D eigenvalue weighted by atomic mass is 9.96. The molecule has 9 aromatic rings. The molecule has 9 rings (SSSR count). The molecular weight excluding hydrogens is 587 g/mol. The summed E-state index contributed by atoms with van der Waals surface area (Å²) in [5.41, 5.74) is 8.48. The van der Waals surface area contributed by atoms with E-state index in [1.54, 1.807) is 0 Å². The average molecular weight is 614 g/mol. The second kappa shape index (κ2) is 11.6. The zero-order chi connectivity index (χ0) is 31.9. The standard InChI is InChI=1S/C43H27N5/c1-5-13-28(14-6-1)36-26-23-30-21-25-35-34-24-22-33(27-37(34)45-39(38(35)40(30)44-36)29-15-7-2-8-16-29)43-47-41(31-17-9-3-10-18-31)46-42(48-43)32-19-11-4-12-20-32/h1-27H. The van der Waals surface area contributed by atoms with E-state index in [0.29, 0.717) is 17.5 Å². The highest BCUT2D eigenvalue weighted by atomic mass is 15.0. The van der Waals surface area contributed by atoms with E-state index in [-0.39, 0.29) is 0 Å². The lowest BCUT2D eigenvalue weighted by Gasteiger charge is -2.14. The van der Waals surface area contributed by atoms with E-state index >= 15 is 0 Å². The Balaban J connectivity index is 1.29. The smallest absolute Gasteiger partial charge is 0.164 e. The van der Waals surface area contributed by atoms with Gasteiger partial charge in [-0.05, 0) is 17.5 Å². The molecule has 3 aromatic heterocycles. The Morgan fingerprint density at radius 1 is 0.333 bits per heavy atom. The number of hydrogen-bond donors (Lipinski definition) is 0. The van der Waals surface area contributed by atoms with Crippen LogP contribution in [-0.2, 0) is 0 Å². The number of fused-ring (bicyclic) bond motifs is 5. The monoisotopic (exact) mass is 613 g/mol. The van der Waals surface area contributed by atoms with Gasteiger partial charge in [0.25, 0.3) is 0 Å². The van der Waals surface area contributed by atoms with Gasteiger partial charge >= 0.3 is 0 Å². The largest absolute Gasteiger partial charge is 0.247 e. The predicted octanol–water partition coefficient (Wildman–Crippen LogP) is 10.5. The van der Waals surface area contributed by atoms with Crippen LogP contribution in [0.15, 0.2) is 164 Å². The summed E-state index contributed by atoms with van der Waals surface area (Å²) >= 11 is 0. The number of rotatable bonds is 5. The summed E-state index contributed by atoms with van der Waals surface area (Å²) in [6, 6.07) is 55.7. The number of nitrogens with zero attached hydrogens (tertiary/aromatic N) is 5. The molecule has 0 radical (unpaired) electrons. The van der Waals surface area contributed by atoms with E-state index in [0.717, 1.165) is 71.8 Å². The van der Waals surface area contributed by atoms with Crippen molar-refractivity contribution in [2.45, 2.75) is 0 Å². The van der Waals surface area contributed by atoms with Crippen LogP contribution >= 0.6 is 0 Å². The fourth-order valence-electron chi connectivity index (χ4n) is 6.33. The molecule has 224 valence electrons. The number of hydrogen-bond acceptors (Lipinski definition) is 5. The van der Waals surface area contributed by atoms with Gasteiger partial charge in [0.1, 0.15) is 0 Å². The third-order valence-electron chi connectivity index (χ3n) is 8.69. The molecule has 0 amide bonds. The summed E-state index contributed by atoms with van der Waals surface area (Å²) in [4.78, 5) is 25.4. The molecule has 0 atom stereocenters. The van der Waals surface area contributed by atoms with E-state index in [9.17, 15) is 0 Å². The molecule has 0 fully saturated rings. The molecule has 0 aliphatic heterocycles. The Labute approximate surface area is 277 Å². The van der Waals surface area contributed by atoms with Crippen molar-refractivity contribution in [2.75, 3.05) is 0 Å². The molecule has 0 aliphatic carbocycles. The maximum atomic E-state index is 5.36. The number of benzene rings is 6. The molecule has 0 aliphatic rings. The second-order valence-corrected chi connectivity index (χ2v) is 11.7. The van der Waals surface area contributed by atoms with Crippen molar-refractivity contribution in [1.82, 2.24) is 24.9 Å². The first kappa shape index (κ1) is 27.7. The van der Waals surface area contributed by atoms with E-state index in [1.807, 2.05) is 84.9 Å². The second-order valence-electron chi connectivity index (χ2n) is 11.7. The van der Waals surface area contributed by atoms with Crippen molar-refractivity contribution in [3.8, 4) is 56.7 Å². The maximum absolute atomic E-state index is 5.36. The molecule has 0 N–H and O–H groups in total. The van der Waals surface area contributed by atoms with Crippen molar-refractivity contribution in [3.05, 3.63) is 164 Å². The first-order valence-electron chi connectivity index (χ1n) is 15.9. The van der Waals surface area contributed by atoms with Crippen molar-refractivity contribution >= 4 is 32.6 Å². The summed E-state index contributed by atoms with van der Waals surface area (Å²) in [5, 5.41) is 4.25. The van der Waals surface area contributed by atoms with Gasteiger partial charge < -0.3 is 0 Å². The summed E-state index contributed by atoms with van der Waals surface area (Å²) in [6.45, 7) is 0. The average Bonchev–Trinajstić information content (AvgIpc) is 3.18. The van der Waals surface area contributed by atoms with Gasteiger partial charge in [0, 0.05) is 44.0 Å². The van der Waals surface area contributed by atoms with Crippen molar-refractivity contribution < 1.29 is 0 Å². The fourth-order valence-corrected chi connectivity index (χ4v) is 6.33. The van der Waals surface area contributed by atoms with E-state index < -0.39 is 0 Å². The molecule has 0 saturated heterocycles. The van der Waals surface area contributed by atoms with Crippen molar-refractivity contribution in [3.63, 3.8) is 0 Å². The van der Waals surface area contributed by atoms with Crippen LogP contribution in [0.25, 0.3) is 89.3 Å². The minimum atomic E-state index is 0.598. The molecular formula is C43H27N5. The van der Waals surface area contributed by atoms with Crippen LogP contribution in [0.2, 0.25) is 0 Å². The molecule has 0 spiro atoms. The quantitative estimate of drug-likeness (QED) is 0.181. The minimum Gasteiger partial charge on any atom is -0.247 e. The topological polar surface area (TPSA) is 64.5 Å². The number of aromatic nitrogens is 5. The Morgan fingerprint density at radius 3 is 1.44 bits per heavy atom. The van der Waals surface area contributed by atoms with Gasteiger partial charge in [0.05, 0.1) is 22.4 Å². The fraction of sp³-hybridized carbons (Fsp3) is 0. The van der Waals surface area contributed by atoms with Crippen LogP contribution in [0.3, 0.4) is 0 Å². The summed E-state index contributed by atoms with van der Waals surface area (Å²) in [5.74, 6) is 1.85. The minimum absolute atomic E-state index is 0.598. The van der Waals surface area contributed by atoms with E-state index in [1.165, 1.54) is 0 Å². The van der Waals surface area contributed by atoms with Gasteiger partial charge in [-0.3, -0.25) is 0 Å². The number of pyridine rings is 2.